The van der Waals surface area contributed by atoms with Gasteiger partial charge in [0.15, 0.2) is 5.03 Å². The largest absolute Gasteiger partial charge is 0.496 e. The summed E-state index contributed by atoms with van der Waals surface area (Å²) in [5.74, 6) is -0.380. The van der Waals surface area contributed by atoms with Gasteiger partial charge in [-0.05, 0) is 0 Å². The second kappa shape index (κ2) is 4.68. The van der Waals surface area contributed by atoms with Crippen molar-refractivity contribution in [3.63, 3.8) is 0 Å². The summed E-state index contributed by atoms with van der Waals surface area (Å²) in [6.07, 6.45) is -3.09. The highest BCUT2D eigenvalue weighted by molar-refractivity contribution is 8.13. The van der Waals surface area contributed by atoms with Gasteiger partial charge in [-0.1, -0.05) is 11.6 Å². The van der Waals surface area contributed by atoms with Crippen molar-refractivity contribution in [2.75, 3.05) is 7.11 Å². The molecule has 0 saturated carbocycles. The van der Waals surface area contributed by atoms with Gasteiger partial charge >= 0.3 is 0 Å². The van der Waals surface area contributed by atoms with Gasteiger partial charge < -0.3 is 4.74 Å². The van der Waals surface area contributed by atoms with E-state index in [1.165, 1.54) is 0 Å². The van der Waals surface area contributed by atoms with E-state index >= 15 is 0 Å². The molecule has 0 aliphatic heterocycles. The zero-order chi connectivity index (χ0) is 12.5. The Labute approximate surface area is 99.6 Å². The van der Waals surface area contributed by atoms with Crippen LogP contribution in [0, 0.1) is 0 Å². The molecule has 9 heteroatoms. The maximum Gasteiger partial charge on any atom is 0.279 e. The van der Waals surface area contributed by atoms with E-state index in [9.17, 15) is 17.2 Å². The van der Waals surface area contributed by atoms with E-state index < -0.39 is 26.1 Å². The SMILES string of the molecule is COc1cc(Cl)nc(S(=O)(=O)Cl)c1C(F)F. The van der Waals surface area contributed by atoms with Crippen LogP contribution in [0.5, 0.6) is 5.75 Å². The number of pyridine rings is 1. The van der Waals surface area contributed by atoms with Crippen molar-refractivity contribution in [2.45, 2.75) is 11.5 Å². The maximum atomic E-state index is 12.7. The second-order valence-electron chi connectivity index (χ2n) is 2.60. The molecule has 0 spiro atoms. The molecule has 0 aliphatic carbocycles. The van der Waals surface area contributed by atoms with E-state index in [4.69, 9.17) is 22.3 Å². The molecule has 0 aliphatic rings. The quantitative estimate of drug-likeness (QED) is 0.634. The monoisotopic (exact) mass is 291 g/mol. The standard InChI is InChI=1S/C7H5Cl2F2NO3S/c1-15-3-2-4(8)12-7(16(9,13)14)5(3)6(10)11/h2,6H,1H3. The third kappa shape index (κ3) is 2.72. The molecule has 1 heterocycles. The van der Waals surface area contributed by atoms with Gasteiger partial charge in [-0.3, -0.25) is 0 Å². The molecule has 0 amide bonds. The van der Waals surface area contributed by atoms with Crippen LogP contribution in [0.1, 0.15) is 12.0 Å². The average Bonchev–Trinajstić information content (AvgIpc) is 2.14. The van der Waals surface area contributed by atoms with Gasteiger partial charge in [0.25, 0.3) is 15.5 Å². The van der Waals surface area contributed by atoms with E-state index in [2.05, 4.69) is 9.72 Å². The average molecular weight is 292 g/mol. The summed E-state index contributed by atoms with van der Waals surface area (Å²) >= 11 is 5.45. The van der Waals surface area contributed by atoms with Crippen LogP contribution in [0.25, 0.3) is 0 Å². The van der Waals surface area contributed by atoms with E-state index in [1.807, 2.05) is 0 Å². The van der Waals surface area contributed by atoms with Crippen molar-refractivity contribution in [3.05, 3.63) is 16.8 Å². The molecule has 1 rings (SSSR count). The van der Waals surface area contributed by atoms with Crippen molar-refractivity contribution < 1.29 is 21.9 Å². The van der Waals surface area contributed by atoms with Crippen LogP contribution in [0.2, 0.25) is 5.15 Å². The Bertz CT molecular complexity index is 507. The van der Waals surface area contributed by atoms with E-state index in [-0.39, 0.29) is 10.9 Å². The third-order valence-corrected chi connectivity index (χ3v) is 3.03. The van der Waals surface area contributed by atoms with Crippen molar-refractivity contribution in [1.29, 1.82) is 0 Å². The molecule has 0 fully saturated rings. The third-order valence-electron chi connectivity index (χ3n) is 1.62. The van der Waals surface area contributed by atoms with Crippen LogP contribution in [0.15, 0.2) is 11.1 Å². The zero-order valence-electron chi connectivity index (χ0n) is 7.75. The molecule has 90 valence electrons. The summed E-state index contributed by atoms with van der Waals surface area (Å²) in [6.45, 7) is 0. The number of alkyl halides is 2. The van der Waals surface area contributed by atoms with Gasteiger partial charge in [0, 0.05) is 16.7 Å². The fourth-order valence-electron chi connectivity index (χ4n) is 1.04. The Hall–Kier alpha value is -0.660. The van der Waals surface area contributed by atoms with E-state index in [1.54, 1.807) is 0 Å². The van der Waals surface area contributed by atoms with Crippen LogP contribution in [0.3, 0.4) is 0 Å². The molecule has 0 saturated heterocycles. The number of methoxy groups -OCH3 is 1. The number of halogens is 4. The number of hydrogen-bond donors (Lipinski definition) is 0. The predicted molar refractivity (Wildman–Crippen MR) is 53.8 cm³/mol. The predicted octanol–water partition coefficient (Wildman–Crippen LogP) is 2.61. The molecule has 0 unspecified atom stereocenters. The minimum Gasteiger partial charge on any atom is -0.496 e. The molecule has 0 N–H and O–H groups in total. The molecule has 4 nitrogen and oxygen atoms in total. The van der Waals surface area contributed by atoms with Crippen molar-refractivity contribution >= 4 is 31.3 Å². The lowest BCUT2D eigenvalue weighted by atomic mass is 10.2. The van der Waals surface area contributed by atoms with Gasteiger partial charge in [-0.25, -0.2) is 22.2 Å². The summed E-state index contributed by atoms with van der Waals surface area (Å²) < 4.78 is 52.0. The van der Waals surface area contributed by atoms with Crippen LogP contribution >= 0.6 is 22.3 Å². The van der Waals surface area contributed by atoms with Gasteiger partial charge in [-0.15, -0.1) is 0 Å². The van der Waals surface area contributed by atoms with E-state index in [0.717, 1.165) is 13.2 Å². The van der Waals surface area contributed by atoms with Gasteiger partial charge in [-0.2, -0.15) is 0 Å². The fraction of sp³-hybridized carbons (Fsp3) is 0.286. The van der Waals surface area contributed by atoms with Crippen molar-refractivity contribution in [1.82, 2.24) is 4.98 Å². The summed E-state index contributed by atoms with van der Waals surface area (Å²) in [7, 11) is 1.65. The minimum atomic E-state index is -4.42. The first-order chi connectivity index (χ1) is 7.27. The van der Waals surface area contributed by atoms with Gasteiger partial charge in [0.05, 0.1) is 12.7 Å². The van der Waals surface area contributed by atoms with Crippen LogP contribution < -0.4 is 4.74 Å². The molecule has 0 atom stereocenters. The number of hydrogen-bond acceptors (Lipinski definition) is 4. The van der Waals surface area contributed by atoms with Crippen LogP contribution in [-0.4, -0.2) is 20.5 Å². The highest BCUT2D eigenvalue weighted by Crippen LogP contribution is 2.36. The Morgan fingerprint density at radius 3 is 2.44 bits per heavy atom. The lowest BCUT2D eigenvalue weighted by molar-refractivity contribution is 0.142. The minimum absolute atomic E-state index is 0.305. The lowest BCUT2D eigenvalue weighted by Crippen LogP contribution is -2.05. The molecule has 0 aromatic carbocycles. The Morgan fingerprint density at radius 1 is 1.50 bits per heavy atom. The van der Waals surface area contributed by atoms with E-state index in [0.29, 0.717) is 0 Å². The zero-order valence-corrected chi connectivity index (χ0v) is 10.1. The smallest absolute Gasteiger partial charge is 0.279 e. The molecule has 1 aromatic rings. The molecule has 0 bridgehead atoms. The van der Waals surface area contributed by atoms with Crippen molar-refractivity contribution in [2.24, 2.45) is 0 Å². The summed E-state index contributed by atoms with van der Waals surface area (Å²) in [6, 6.07) is 0.981. The highest BCUT2D eigenvalue weighted by atomic mass is 35.7. The number of ether oxygens (including phenoxy) is 1. The maximum absolute atomic E-state index is 12.7. The molecular weight excluding hydrogens is 287 g/mol. The Kier molecular flexibility index (Phi) is 3.92. The molecular formula is C7H5Cl2F2NO3S. The highest BCUT2D eigenvalue weighted by Gasteiger charge is 2.28. The van der Waals surface area contributed by atoms with Crippen LogP contribution in [-0.2, 0) is 9.05 Å². The fourth-order valence-corrected chi connectivity index (χ4v) is 2.28. The normalized spacial score (nSPS) is 11.9. The van der Waals surface area contributed by atoms with Crippen molar-refractivity contribution in [3.8, 4) is 5.75 Å². The topological polar surface area (TPSA) is 56.3 Å². The summed E-state index contributed by atoms with van der Waals surface area (Å²) in [5.41, 5.74) is -0.901. The Balaban J connectivity index is 3.64. The number of aromatic nitrogens is 1. The lowest BCUT2D eigenvalue weighted by Gasteiger charge is -2.10. The van der Waals surface area contributed by atoms with Gasteiger partial charge in [0.2, 0.25) is 0 Å². The first-order valence-electron chi connectivity index (χ1n) is 3.74. The Morgan fingerprint density at radius 2 is 2.06 bits per heavy atom. The second-order valence-corrected chi connectivity index (χ2v) is 5.47. The molecule has 16 heavy (non-hydrogen) atoms. The first-order valence-corrected chi connectivity index (χ1v) is 6.43. The summed E-state index contributed by atoms with van der Waals surface area (Å²) in [4.78, 5) is 3.26. The molecule has 0 radical (unpaired) electrons. The van der Waals surface area contributed by atoms with Crippen LogP contribution in [0.4, 0.5) is 8.78 Å². The van der Waals surface area contributed by atoms with Gasteiger partial charge in [0.1, 0.15) is 10.9 Å². The first kappa shape index (κ1) is 13.4. The number of rotatable bonds is 3. The number of nitrogens with zero attached hydrogens (tertiary/aromatic N) is 1. The molecule has 1 aromatic heterocycles. The summed E-state index contributed by atoms with van der Waals surface area (Å²) in [5, 5.41) is -1.30.